The summed E-state index contributed by atoms with van der Waals surface area (Å²) in [6.07, 6.45) is 1.85. The Morgan fingerprint density at radius 1 is 1.19 bits per heavy atom. The van der Waals surface area contributed by atoms with E-state index in [9.17, 15) is 0 Å². The third kappa shape index (κ3) is 2.41. The molecule has 0 spiro atoms. The minimum atomic E-state index is 0.220. The van der Waals surface area contributed by atoms with Gasteiger partial charge in [0.05, 0.1) is 19.3 Å². The molecule has 0 aromatic heterocycles. The van der Waals surface area contributed by atoms with E-state index in [0.717, 1.165) is 26.2 Å². The van der Waals surface area contributed by atoms with E-state index in [1.54, 1.807) is 0 Å². The lowest BCUT2D eigenvalue weighted by Crippen LogP contribution is -2.50. The fraction of sp³-hybridized carbons (Fsp3) is 1.00. The molecule has 2 fully saturated rings. The molecular weight excluding hydrogens is 202 g/mol. The minimum absolute atomic E-state index is 0.220. The van der Waals surface area contributed by atoms with Crippen molar-refractivity contribution in [2.24, 2.45) is 0 Å². The molecule has 3 heteroatoms. The van der Waals surface area contributed by atoms with Gasteiger partial charge in [-0.15, -0.1) is 0 Å². The summed E-state index contributed by atoms with van der Waals surface area (Å²) in [5, 5.41) is 0. The molecule has 2 aliphatic heterocycles. The lowest BCUT2D eigenvalue weighted by Gasteiger charge is -2.41. The van der Waals surface area contributed by atoms with Gasteiger partial charge in [0.2, 0.25) is 0 Å². The average molecular weight is 227 g/mol. The van der Waals surface area contributed by atoms with Crippen LogP contribution >= 0.6 is 0 Å². The zero-order chi connectivity index (χ0) is 12.0. The number of likely N-dealkylation sites (tertiary alicyclic amines) is 1. The van der Waals surface area contributed by atoms with Crippen LogP contribution in [-0.2, 0) is 9.47 Å². The van der Waals surface area contributed by atoms with Crippen LogP contribution in [-0.4, -0.2) is 47.9 Å². The van der Waals surface area contributed by atoms with Crippen molar-refractivity contribution in [2.45, 2.75) is 64.3 Å². The van der Waals surface area contributed by atoms with E-state index < -0.39 is 0 Å². The summed E-state index contributed by atoms with van der Waals surface area (Å²) in [4.78, 5) is 2.56. The summed E-state index contributed by atoms with van der Waals surface area (Å²) in [5.74, 6) is 0. The third-order valence-electron chi connectivity index (χ3n) is 3.65. The Balaban J connectivity index is 1.96. The Kier molecular flexibility index (Phi) is 3.06. The molecule has 2 heterocycles. The van der Waals surface area contributed by atoms with Gasteiger partial charge in [-0.3, -0.25) is 4.90 Å². The summed E-state index contributed by atoms with van der Waals surface area (Å²) in [6.45, 7) is 14.1. The summed E-state index contributed by atoms with van der Waals surface area (Å²) in [5.41, 5.74) is 0.464. The molecule has 0 aromatic rings. The van der Waals surface area contributed by atoms with Crippen LogP contribution in [0, 0.1) is 0 Å². The van der Waals surface area contributed by atoms with E-state index in [0.29, 0.717) is 12.2 Å². The van der Waals surface area contributed by atoms with Gasteiger partial charge in [0, 0.05) is 17.6 Å². The smallest absolute Gasteiger partial charge is 0.105 e. The van der Waals surface area contributed by atoms with Gasteiger partial charge >= 0.3 is 0 Å². The normalized spacial score (nSPS) is 31.7. The summed E-state index contributed by atoms with van der Waals surface area (Å²) in [7, 11) is 0. The van der Waals surface area contributed by atoms with Crippen LogP contribution in [0.25, 0.3) is 0 Å². The molecule has 0 bridgehead atoms. The molecule has 0 N–H and O–H groups in total. The number of hydrogen-bond donors (Lipinski definition) is 0. The highest BCUT2D eigenvalue weighted by Crippen LogP contribution is 2.36. The van der Waals surface area contributed by atoms with Crippen LogP contribution in [0.4, 0.5) is 0 Å². The average Bonchev–Trinajstić information content (AvgIpc) is 2.32. The highest BCUT2D eigenvalue weighted by atomic mass is 16.6. The lowest BCUT2D eigenvalue weighted by molar-refractivity contribution is -0.152. The predicted octanol–water partition coefficient (Wildman–Crippen LogP) is 2.05. The SMILES string of the molecule is CC(C)(C)N1C[C@@H](OC2COC2)CC1(C)C. The molecule has 2 aliphatic rings. The van der Waals surface area contributed by atoms with Gasteiger partial charge < -0.3 is 9.47 Å². The van der Waals surface area contributed by atoms with E-state index in [1.807, 2.05) is 0 Å². The topological polar surface area (TPSA) is 21.7 Å². The second kappa shape index (κ2) is 3.97. The predicted molar refractivity (Wildman–Crippen MR) is 64.6 cm³/mol. The Labute approximate surface area is 99.1 Å². The van der Waals surface area contributed by atoms with E-state index in [-0.39, 0.29) is 11.1 Å². The minimum Gasteiger partial charge on any atom is -0.376 e. The molecule has 0 aromatic carbocycles. The standard InChI is InChI=1S/C13H25NO2/c1-12(2,3)14-7-10(6-13(14,4)5)16-11-8-15-9-11/h10-11H,6-9H2,1-5H3/t10-/m0/s1. The van der Waals surface area contributed by atoms with E-state index in [1.165, 1.54) is 0 Å². The number of rotatable bonds is 2. The zero-order valence-electron chi connectivity index (χ0n) is 11.2. The van der Waals surface area contributed by atoms with Crippen LogP contribution in [0.1, 0.15) is 41.0 Å². The van der Waals surface area contributed by atoms with Crippen LogP contribution < -0.4 is 0 Å². The van der Waals surface area contributed by atoms with Gasteiger partial charge in [-0.2, -0.15) is 0 Å². The first-order chi connectivity index (χ1) is 7.29. The van der Waals surface area contributed by atoms with Gasteiger partial charge in [0.25, 0.3) is 0 Å². The van der Waals surface area contributed by atoms with Crippen molar-refractivity contribution in [3.05, 3.63) is 0 Å². The van der Waals surface area contributed by atoms with Gasteiger partial charge in [-0.25, -0.2) is 0 Å². The fourth-order valence-corrected chi connectivity index (χ4v) is 3.02. The van der Waals surface area contributed by atoms with Crippen molar-refractivity contribution in [3.63, 3.8) is 0 Å². The number of ether oxygens (including phenoxy) is 2. The summed E-state index contributed by atoms with van der Waals surface area (Å²) in [6, 6.07) is 0. The Hall–Kier alpha value is -0.120. The van der Waals surface area contributed by atoms with E-state index in [4.69, 9.17) is 9.47 Å². The van der Waals surface area contributed by atoms with Crippen LogP contribution in [0.3, 0.4) is 0 Å². The maximum absolute atomic E-state index is 6.04. The maximum atomic E-state index is 6.04. The van der Waals surface area contributed by atoms with E-state index >= 15 is 0 Å². The van der Waals surface area contributed by atoms with Crippen molar-refractivity contribution >= 4 is 0 Å². The van der Waals surface area contributed by atoms with Gasteiger partial charge in [0.1, 0.15) is 6.10 Å². The van der Waals surface area contributed by atoms with Crippen molar-refractivity contribution in [2.75, 3.05) is 19.8 Å². The summed E-state index contributed by atoms with van der Waals surface area (Å²) < 4.78 is 11.2. The molecule has 16 heavy (non-hydrogen) atoms. The van der Waals surface area contributed by atoms with Crippen LogP contribution in [0.2, 0.25) is 0 Å². The first-order valence-electron chi connectivity index (χ1n) is 6.30. The maximum Gasteiger partial charge on any atom is 0.105 e. The highest BCUT2D eigenvalue weighted by Gasteiger charge is 2.44. The Morgan fingerprint density at radius 2 is 1.81 bits per heavy atom. The Morgan fingerprint density at radius 3 is 2.19 bits per heavy atom. The van der Waals surface area contributed by atoms with E-state index in [2.05, 4.69) is 39.5 Å². The van der Waals surface area contributed by atoms with Gasteiger partial charge in [0.15, 0.2) is 0 Å². The molecule has 0 saturated carbocycles. The molecule has 2 saturated heterocycles. The Bertz CT molecular complexity index is 253. The van der Waals surface area contributed by atoms with Crippen LogP contribution in [0.5, 0.6) is 0 Å². The third-order valence-corrected chi connectivity index (χ3v) is 3.65. The van der Waals surface area contributed by atoms with Crippen LogP contribution in [0.15, 0.2) is 0 Å². The fourth-order valence-electron chi connectivity index (χ4n) is 3.02. The second-order valence-corrected chi connectivity index (χ2v) is 6.72. The first-order valence-corrected chi connectivity index (χ1v) is 6.30. The molecule has 1 atom stereocenters. The summed E-state index contributed by atoms with van der Waals surface area (Å²) >= 11 is 0. The molecule has 94 valence electrons. The molecule has 3 nitrogen and oxygen atoms in total. The van der Waals surface area contributed by atoms with Crippen molar-refractivity contribution in [3.8, 4) is 0 Å². The monoisotopic (exact) mass is 227 g/mol. The van der Waals surface area contributed by atoms with Gasteiger partial charge in [-0.05, 0) is 41.0 Å². The van der Waals surface area contributed by atoms with Crippen molar-refractivity contribution in [1.82, 2.24) is 4.90 Å². The molecule has 2 rings (SSSR count). The quantitative estimate of drug-likeness (QED) is 0.720. The molecule has 0 unspecified atom stereocenters. The number of nitrogens with zero attached hydrogens (tertiary/aromatic N) is 1. The van der Waals surface area contributed by atoms with Crippen molar-refractivity contribution < 1.29 is 9.47 Å². The van der Waals surface area contributed by atoms with Gasteiger partial charge in [-0.1, -0.05) is 0 Å². The lowest BCUT2D eigenvalue weighted by atomic mass is 9.96. The first kappa shape index (κ1) is 12.3. The molecule has 0 aliphatic carbocycles. The highest BCUT2D eigenvalue weighted by molar-refractivity contribution is 4.99. The number of hydrogen-bond acceptors (Lipinski definition) is 3. The molecule has 0 radical (unpaired) electrons. The second-order valence-electron chi connectivity index (χ2n) is 6.72. The molecule has 0 amide bonds. The molecular formula is C13H25NO2. The largest absolute Gasteiger partial charge is 0.376 e. The zero-order valence-corrected chi connectivity index (χ0v) is 11.2. The van der Waals surface area contributed by atoms with Crippen molar-refractivity contribution in [1.29, 1.82) is 0 Å².